The minimum atomic E-state index is -0.115. The van der Waals surface area contributed by atoms with Gasteiger partial charge in [-0.15, -0.1) is 11.8 Å². The van der Waals surface area contributed by atoms with Crippen molar-refractivity contribution in [2.24, 2.45) is 0 Å². The number of thioether (sulfide) groups is 1. The van der Waals surface area contributed by atoms with E-state index in [1.807, 2.05) is 18.2 Å². The summed E-state index contributed by atoms with van der Waals surface area (Å²) in [6.07, 6.45) is 0.832. The van der Waals surface area contributed by atoms with Crippen molar-refractivity contribution in [2.45, 2.75) is 17.7 Å². The third kappa shape index (κ3) is 4.23. The Labute approximate surface area is 153 Å². The van der Waals surface area contributed by atoms with Crippen molar-refractivity contribution in [1.82, 2.24) is 0 Å². The quantitative estimate of drug-likeness (QED) is 0.813. The van der Waals surface area contributed by atoms with Gasteiger partial charge >= 0.3 is 0 Å². The highest BCUT2D eigenvalue weighted by atomic mass is 35.5. The number of carbonyl (C=O) groups excluding carboxylic acids is 2. The van der Waals surface area contributed by atoms with Gasteiger partial charge in [0.25, 0.3) is 0 Å². The van der Waals surface area contributed by atoms with Gasteiger partial charge in [-0.1, -0.05) is 29.3 Å². The number of carbonyl (C=O) groups is 2. The van der Waals surface area contributed by atoms with E-state index in [1.54, 1.807) is 18.2 Å². The van der Waals surface area contributed by atoms with Gasteiger partial charge in [-0.25, -0.2) is 0 Å². The largest absolute Gasteiger partial charge is 0.326 e. The van der Waals surface area contributed by atoms with Crippen molar-refractivity contribution in [3.05, 3.63) is 52.0 Å². The van der Waals surface area contributed by atoms with Crippen molar-refractivity contribution in [1.29, 1.82) is 0 Å². The molecule has 1 heterocycles. The van der Waals surface area contributed by atoms with Crippen LogP contribution in [0.15, 0.2) is 41.3 Å². The lowest BCUT2D eigenvalue weighted by molar-refractivity contribution is -0.116. The minimum absolute atomic E-state index is 0.0339. The Bertz CT molecular complexity index is 811. The van der Waals surface area contributed by atoms with Crippen LogP contribution in [-0.2, 0) is 16.0 Å². The maximum atomic E-state index is 12.1. The molecule has 2 N–H and O–H groups in total. The molecule has 0 unspecified atom stereocenters. The average Bonchev–Trinajstić information content (AvgIpc) is 2.53. The predicted molar refractivity (Wildman–Crippen MR) is 99.2 cm³/mol. The summed E-state index contributed by atoms with van der Waals surface area (Å²) in [6.45, 7) is 0. The second-order valence-corrected chi connectivity index (χ2v) is 7.19. The number of rotatable bonds is 4. The van der Waals surface area contributed by atoms with Crippen LogP contribution < -0.4 is 10.6 Å². The standard InChI is InChI=1S/C17H14Cl2N2O2S/c18-11-3-1-10(13(19)7-11)2-6-16(22)20-12-4-5-15-14(8-12)21-17(23)9-24-15/h1,3-5,7-8H,2,6,9H2,(H,20,22)(H,21,23). The molecule has 0 bridgehead atoms. The van der Waals surface area contributed by atoms with Crippen LogP contribution in [0.5, 0.6) is 0 Å². The Hall–Kier alpha value is -1.69. The number of amides is 2. The molecule has 0 atom stereocenters. The molecule has 2 aromatic rings. The molecule has 1 aliphatic rings. The summed E-state index contributed by atoms with van der Waals surface area (Å²) >= 11 is 13.5. The molecule has 124 valence electrons. The molecule has 2 aromatic carbocycles. The van der Waals surface area contributed by atoms with Crippen LogP contribution in [0, 0.1) is 0 Å². The third-order valence-electron chi connectivity index (χ3n) is 3.53. The highest BCUT2D eigenvalue weighted by Crippen LogP contribution is 2.33. The van der Waals surface area contributed by atoms with Gasteiger partial charge in [0.05, 0.1) is 11.4 Å². The molecule has 4 nitrogen and oxygen atoms in total. The number of fused-ring (bicyclic) bond motifs is 1. The van der Waals surface area contributed by atoms with Gasteiger partial charge in [0.2, 0.25) is 11.8 Å². The molecule has 0 aromatic heterocycles. The van der Waals surface area contributed by atoms with E-state index in [1.165, 1.54) is 11.8 Å². The van der Waals surface area contributed by atoms with Crippen LogP contribution in [-0.4, -0.2) is 17.6 Å². The topological polar surface area (TPSA) is 58.2 Å². The summed E-state index contributed by atoms with van der Waals surface area (Å²) in [7, 11) is 0. The number of anilines is 2. The summed E-state index contributed by atoms with van der Waals surface area (Å²) in [5.41, 5.74) is 2.27. The molecule has 2 amide bonds. The molecular weight excluding hydrogens is 367 g/mol. The fraction of sp³-hybridized carbons (Fsp3) is 0.176. The second-order valence-electron chi connectivity index (χ2n) is 5.33. The molecular formula is C17H14Cl2N2O2S. The first-order valence-corrected chi connectivity index (χ1v) is 9.06. The second kappa shape index (κ2) is 7.47. The zero-order valence-electron chi connectivity index (χ0n) is 12.6. The van der Waals surface area contributed by atoms with Crippen molar-refractivity contribution >= 4 is 58.2 Å². The monoisotopic (exact) mass is 380 g/mol. The normalized spacial score (nSPS) is 13.2. The van der Waals surface area contributed by atoms with Gasteiger partial charge in [0, 0.05) is 27.0 Å². The van der Waals surface area contributed by atoms with E-state index in [2.05, 4.69) is 10.6 Å². The summed E-state index contributed by atoms with van der Waals surface area (Å²) < 4.78 is 0. The van der Waals surface area contributed by atoms with Crippen LogP contribution >= 0.6 is 35.0 Å². The smallest absolute Gasteiger partial charge is 0.234 e. The zero-order chi connectivity index (χ0) is 17.1. The van der Waals surface area contributed by atoms with Crippen molar-refractivity contribution in [3.63, 3.8) is 0 Å². The molecule has 24 heavy (non-hydrogen) atoms. The van der Waals surface area contributed by atoms with Crippen LogP contribution in [0.1, 0.15) is 12.0 Å². The fourth-order valence-corrected chi connectivity index (χ4v) is 3.65. The van der Waals surface area contributed by atoms with Crippen LogP contribution in [0.25, 0.3) is 0 Å². The van der Waals surface area contributed by atoms with Crippen LogP contribution in [0.4, 0.5) is 11.4 Å². The van der Waals surface area contributed by atoms with E-state index in [0.29, 0.717) is 34.3 Å². The summed E-state index contributed by atoms with van der Waals surface area (Å²) in [6, 6.07) is 10.7. The van der Waals surface area contributed by atoms with E-state index in [-0.39, 0.29) is 11.8 Å². The molecule has 3 rings (SSSR count). The minimum Gasteiger partial charge on any atom is -0.326 e. The van der Waals surface area contributed by atoms with Gasteiger partial charge in [-0.3, -0.25) is 9.59 Å². The molecule has 7 heteroatoms. The third-order valence-corrected chi connectivity index (χ3v) is 5.19. The first-order chi connectivity index (χ1) is 11.5. The van der Waals surface area contributed by atoms with E-state index in [4.69, 9.17) is 23.2 Å². The highest BCUT2D eigenvalue weighted by molar-refractivity contribution is 8.00. The lowest BCUT2D eigenvalue weighted by Gasteiger charge is -2.17. The number of halogens is 2. The van der Waals surface area contributed by atoms with Crippen LogP contribution in [0.2, 0.25) is 10.0 Å². The van der Waals surface area contributed by atoms with Crippen molar-refractivity contribution in [3.8, 4) is 0 Å². The Morgan fingerprint density at radius 2 is 2.04 bits per heavy atom. The van der Waals surface area contributed by atoms with E-state index >= 15 is 0 Å². The molecule has 0 fully saturated rings. The molecule has 0 saturated heterocycles. The van der Waals surface area contributed by atoms with Gasteiger partial charge in [-0.05, 0) is 42.3 Å². The number of aryl methyl sites for hydroxylation is 1. The van der Waals surface area contributed by atoms with Gasteiger partial charge in [-0.2, -0.15) is 0 Å². The van der Waals surface area contributed by atoms with Crippen LogP contribution in [0.3, 0.4) is 0 Å². The van der Waals surface area contributed by atoms with Crippen molar-refractivity contribution in [2.75, 3.05) is 16.4 Å². The summed E-state index contributed by atoms with van der Waals surface area (Å²) in [4.78, 5) is 24.6. The first-order valence-electron chi connectivity index (χ1n) is 7.32. The highest BCUT2D eigenvalue weighted by Gasteiger charge is 2.16. The lowest BCUT2D eigenvalue weighted by Crippen LogP contribution is -2.19. The SMILES string of the molecule is O=C(CCc1ccc(Cl)cc1Cl)Nc1ccc2c(c1)NC(=O)CS2. The molecule has 0 radical (unpaired) electrons. The Balaban J connectivity index is 1.61. The predicted octanol–water partition coefficient (Wildman–Crippen LogP) is 4.61. The fourth-order valence-electron chi connectivity index (χ4n) is 2.36. The Kier molecular flexibility index (Phi) is 5.33. The number of benzene rings is 2. The van der Waals surface area contributed by atoms with E-state index < -0.39 is 0 Å². The number of hydrogen-bond acceptors (Lipinski definition) is 3. The Morgan fingerprint density at radius 1 is 1.21 bits per heavy atom. The van der Waals surface area contributed by atoms with Gasteiger partial charge in [0.15, 0.2) is 0 Å². The lowest BCUT2D eigenvalue weighted by atomic mass is 10.1. The maximum Gasteiger partial charge on any atom is 0.234 e. The average molecular weight is 381 g/mol. The van der Waals surface area contributed by atoms with Gasteiger partial charge < -0.3 is 10.6 Å². The summed E-state index contributed by atoms with van der Waals surface area (Å²) in [5.74, 6) is 0.268. The summed E-state index contributed by atoms with van der Waals surface area (Å²) in [5, 5.41) is 6.77. The molecule has 0 aliphatic carbocycles. The first kappa shape index (κ1) is 17.1. The van der Waals surface area contributed by atoms with Crippen molar-refractivity contribution < 1.29 is 9.59 Å². The number of nitrogens with one attached hydrogen (secondary N) is 2. The molecule has 1 aliphatic heterocycles. The van der Waals surface area contributed by atoms with E-state index in [9.17, 15) is 9.59 Å². The van der Waals surface area contributed by atoms with E-state index in [0.717, 1.165) is 16.1 Å². The molecule has 0 spiro atoms. The maximum absolute atomic E-state index is 12.1. The van der Waals surface area contributed by atoms with Gasteiger partial charge in [0.1, 0.15) is 0 Å². The number of hydrogen-bond donors (Lipinski definition) is 2. The molecule has 0 saturated carbocycles. The Morgan fingerprint density at radius 3 is 2.83 bits per heavy atom. The zero-order valence-corrected chi connectivity index (χ0v) is 14.9.